The van der Waals surface area contributed by atoms with Crippen molar-refractivity contribution in [2.45, 2.75) is 20.8 Å². The molecule has 4 nitrogen and oxygen atoms in total. The molecule has 0 saturated carbocycles. The highest BCUT2D eigenvalue weighted by Crippen LogP contribution is 2.39. The van der Waals surface area contributed by atoms with Crippen molar-refractivity contribution in [3.8, 4) is 22.8 Å². The van der Waals surface area contributed by atoms with E-state index in [0.29, 0.717) is 0 Å². The van der Waals surface area contributed by atoms with E-state index >= 15 is 0 Å². The lowest BCUT2D eigenvalue weighted by Crippen LogP contribution is -2.04. The Bertz CT molecular complexity index is 1920. The Balaban J connectivity index is 1.56. The average Bonchev–Trinajstić information content (AvgIpc) is 3.60. The molecule has 4 aromatic carbocycles. The molecule has 7 rings (SSSR count). The molecule has 0 aliphatic carbocycles. The Hall–Kier alpha value is -4.57. The molecule has 0 radical (unpaired) electrons. The van der Waals surface area contributed by atoms with Crippen molar-refractivity contribution >= 4 is 32.8 Å². The summed E-state index contributed by atoms with van der Waals surface area (Å²) in [7, 11) is 0. The largest absolute Gasteiger partial charge is 0.461 e. The van der Waals surface area contributed by atoms with Gasteiger partial charge in [0, 0.05) is 34.2 Å². The van der Waals surface area contributed by atoms with E-state index in [1.807, 2.05) is 13.1 Å². The Morgan fingerprint density at radius 2 is 1.58 bits per heavy atom. The Kier molecular flexibility index (Phi) is 4.45. The van der Waals surface area contributed by atoms with E-state index < -0.39 is 0 Å². The molecule has 7 aromatic rings. The zero-order chi connectivity index (χ0) is 24.4. The molecule has 0 aliphatic heterocycles. The summed E-state index contributed by atoms with van der Waals surface area (Å²) in [4.78, 5) is 4.80. The SMILES string of the molecule is Cc1cc2cccc(-c3nccn3-c3c(C)cc4c5ccccc5n(-c5ccccc5)c4c3C)c2o1. The summed E-state index contributed by atoms with van der Waals surface area (Å²) >= 11 is 0. The van der Waals surface area contributed by atoms with Crippen molar-refractivity contribution in [3.63, 3.8) is 0 Å². The molecule has 174 valence electrons. The fraction of sp³-hybridized carbons (Fsp3) is 0.0938. The van der Waals surface area contributed by atoms with Crippen molar-refractivity contribution in [2.24, 2.45) is 0 Å². The van der Waals surface area contributed by atoms with Gasteiger partial charge in [-0.2, -0.15) is 0 Å². The van der Waals surface area contributed by atoms with Gasteiger partial charge in [0.25, 0.3) is 0 Å². The van der Waals surface area contributed by atoms with Crippen molar-refractivity contribution in [3.05, 3.63) is 114 Å². The first kappa shape index (κ1) is 20.8. The Labute approximate surface area is 209 Å². The predicted octanol–water partition coefficient (Wildman–Crippen LogP) is 8.31. The van der Waals surface area contributed by atoms with E-state index in [-0.39, 0.29) is 0 Å². The van der Waals surface area contributed by atoms with Crippen molar-refractivity contribution in [1.82, 2.24) is 14.1 Å². The topological polar surface area (TPSA) is 35.9 Å². The lowest BCUT2D eigenvalue weighted by Gasteiger charge is -2.17. The van der Waals surface area contributed by atoms with Crippen LogP contribution in [0.1, 0.15) is 16.9 Å². The van der Waals surface area contributed by atoms with Crippen LogP contribution in [0.3, 0.4) is 0 Å². The number of hydrogen-bond donors (Lipinski definition) is 0. The maximum atomic E-state index is 6.10. The third-order valence-corrected chi connectivity index (χ3v) is 7.16. The zero-order valence-corrected chi connectivity index (χ0v) is 20.5. The van der Waals surface area contributed by atoms with Gasteiger partial charge in [-0.15, -0.1) is 0 Å². The van der Waals surface area contributed by atoms with Crippen LogP contribution in [0.5, 0.6) is 0 Å². The standard InChI is InChI=1S/C32H25N3O/c1-20-18-27-25-13-7-8-15-28(25)35(24-11-5-4-6-12-24)30(27)22(3)29(20)34-17-16-33-32(34)26-14-9-10-23-19-21(2)36-31(23)26/h4-19H,1-3H3. The third kappa shape index (κ3) is 2.91. The van der Waals surface area contributed by atoms with E-state index in [1.54, 1.807) is 0 Å². The quantitative estimate of drug-likeness (QED) is 0.262. The van der Waals surface area contributed by atoms with E-state index in [1.165, 1.54) is 32.9 Å². The highest BCUT2D eigenvalue weighted by atomic mass is 16.3. The van der Waals surface area contributed by atoms with Crippen LogP contribution in [0.2, 0.25) is 0 Å². The Morgan fingerprint density at radius 1 is 0.778 bits per heavy atom. The number of rotatable bonds is 3. The highest BCUT2D eigenvalue weighted by Gasteiger charge is 2.21. The monoisotopic (exact) mass is 467 g/mol. The molecule has 0 unspecified atom stereocenters. The van der Waals surface area contributed by atoms with E-state index in [4.69, 9.17) is 9.40 Å². The van der Waals surface area contributed by atoms with Crippen LogP contribution >= 0.6 is 0 Å². The van der Waals surface area contributed by atoms with Crippen LogP contribution in [0.15, 0.2) is 102 Å². The van der Waals surface area contributed by atoms with Gasteiger partial charge in [0.05, 0.1) is 22.3 Å². The normalized spacial score (nSPS) is 11.8. The number of benzene rings is 4. The molecule has 0 spiro atoms. The predicted molar refractivity (Wildman–Crippen MR) is 147 cm³/mol. The molecular formula is C32H25N3O. The first-order valence-electron chi connectivity index (χ1n) is 12.2. The minimum Gasteiger partial charge on any atom is -0.461 e. The first-order chi connectivity index (χ1) is 17.6. The number of para-hydroxylation sites is 3. The van der Waals surface area contributed by atoms with Gasteiger partial charge in [-0.3, -0.25) is 4.57 Å². The number of aryl methyl sites for hydroxylation is 3. The molecular weight excluding hydrogens is 442 g/mol. The van der Waals surface area contributed by atoms with Crippen LogP contribution in [-0.4, -0.2) is 14.1 Å². The minimum atomic E-state index is 0.872. The number of nitrogens with zero attached hydrogens (tertiary/aromatic N) is 3. The molecule has 0 fully saturated rings. The molecule has 36 heavy (non-hydrogen) atoms. The third-order valence-electron chi connectivity index (χ3n) is 7.16. The van der Waals surface area contributed by atoms with Crippen LogP contribution in [0.25, 0.3) is 55.5 Å². The van der Waals surface area contributed by atoms with Gasteiger partial charge < -0.3 is 8.98 Å². The van der Waals surface area contributed by atoms with Crippen LogP contribution in [0.4, 0.5) is 0 Å². The zero-order valence-electron chi connectivity index (χ0n) is 20.5. The average molecular weight is 468 g/mol. The lowest BCUT2D eigenvalue weighted by molar-refractivity contribution is 0.579. The van der Waals surface area contributed by atoms with Crippen LogP contribution in [0, 0.1) is 20.8 Å². The molecule has 3 aromatic heterocycles. The molecule has 0 bridgehead atoms. The summed E-state index contributed by atoms with van der Waals surface area (Å²) in [6.45, 7) is 6.41. The summed E-state index contributed by atoms with van der Waals surface area (Å²) in [5.74, 6) is 1.78. The van der Waals surface area contributed by atoms with Gasteiger partial charge in [-0.25, -0.2) is 4.98 Å². The number of imidazole rings is 1. The second-order valence-corrected chi connectivity index (χ2v) is 9.45. The molecule has 3 heterocycles. The molecule has 0 saturated heterocycles. The maximum Gasteiger partial charge on any atom is 0.148 e. The van der Waals surface area contributed by atoms with E-state index in [2.05, 4.69) is 114 Å². The molecule has 0 atom stereocenters. The summed E-state index contributed by atoms with van der Waals surface area (Å²) in [5.41, 5.74) is 9.02. The van der Waals surface area contributed by atoms with Crippen molar-refractivity contribution in [2.75, 3.05) is 0 Å². The smallest absolute Gasteiger partial charge is 0.148 e. The number of fused-ring (bicyclic) bond motifs is 4. The van der Waals surface area contributed by atoms with E-state index in [0.717, 1.165) is 39.5 Å². The number of aromatic nitrogens is 3. The highest BCUT2D eigenvalue weighted by molar-refractivity contribution is 6.11. The summed E-state index contributed by atoms with van der Waals surface area (Å²) in [6.07, 6.45) is 3.93. The molecule has 0 amide bonds. The van der Waals surface area contributed by atoms with Gasteiger partial charge in [-0.1, -0.05) is 48.5 Å². The van der Waals surface area contributed by atoms with Gasteiger partial charge in [-0.05, 0) is 68.3 Å². The maximum absolute atomic E-state index is 6.10. The van der Waals surface area contributed by atoms with Crippen LogP contribution in [-0.2, 0) is 0 Å². The van der Waals surface area contributed by atoms with Gasteiger partial charge >= 0.3 is 0 Å². The molecule has 0 aliphatic rings. The fourth-order valence-corrected chi connectivity index (χ4v) is 5.74. The lowest BCUT2D eigenvalue weighted by atomic mass is 10.0. The summed E-state index contributed by atoms with van der Waals surface area (Å²) in [6, 6.07) is 29.9. The molecule has 4 heteroatoms. The first-order valence-corrected chi connectivity index (χ1v) is 12.2. The fourth-order valence-electron chi connectivity index (χ4n) is 5.74. The number of furan rings is 1. The summed E-state index contributed by atoms with van der Waals surface area (Å²) < 4.78 is 10.7. The second-order valence-electron chi connectivity index (χ2n) is 9.45. The van der Waals surface area contributed by atoms with Crippen molar-refractivity contribution in [1.29, 1.82) is 0 Å². The van der Waals surface area contributed by atoms with Gasteiger partial charge in [0.15, 0.2) is 0 Å². The number of hydrogen-bond acceptors (Lipinski definition) is 2. The van der Waals surface area contributed by atoms with Gasteiger partial charge in [0.1, 0.15) is 17.2 Å². The van der Waals surface area contributed by atoms with Gasteiger partial charge in [0.2, 0.25) is 0 Å². The Morgan fingerprint density at radius 3 is 2.44 bits per heavy atom. The van der Waals surface area contributed by atoms with Crippen LogP contribution < -0.4 is 0 Å². The molecule has 0 N–H and O–H groups in total. The van der Waals surface area contributed by atoms with E-state index in [9.17, 15) is 0 Å². The summed E-state index contributed by atoms with van der Waals surface area (Å²) in [5, 5.41) is 3.61. The van der Waals surface area contributed by atoms with Crippen molar-refractivity contribution < 1.29 is 4.42 Å². The second kappa shape index (κ2) is 7.72. The minimum absolute atomic E-state index is 0.872.